The summed E-state index contributed by atoms with van der Waals surface area (Å²) in [6.45, 7) is 0. The minimum Gasteiger partial charge on any atom is -0.296 e. The van der Waals surface area contributed by atoms with Gasteiger partial charge in [-0.25, -0.2) is 9.97 Å². The zero-order valence-corrected chi connectivity index (χ0v) is 22.8. The van der Waals surface area contributed by atoms with Crippen LogP contribution in [0.5, 0.6) is 0 Å². The molecule has 0 saturated carbocycles. The Morgan fingerprint density at radius 3 is 1.95 bits per heavy atom. The molecule has 7 rings (SSSR count). The van der Waals surface area contributed by atoms with Crippen LogP contribution < -0.4 is 4.90 Å². The predicted octanol–water partition coefficient (Wildman–Crippen LogP) is 8.13. The molecule has 1 aliphatic carbocycles. The molecule has 0 fully saturated rings. The molecule has 185 valence electrons. The van der Waals surface area contributed by atoms with Crippen LogP contribution in [0.1, 0.15) is 11.1 Å². The Bertz CT molecular complexity index is 1560. The van der Waals surface area contributed by atoms with Crippen LogP contribution in [0, 0.1) is 6.07 Å². The van der Waals surface area contributed by atoms with E-state index in [0.717, 1.165) is 34.1 Å². The smallest absolute Gasteiger partial charge is 0.138 e. The van der Waals surface area contributed by atoms with Crippen molar-refractivity contribution in [1.29, 1.82) is 0 Å². The third kappa shape index (κ3) is 5.30. The van der Waals surface area contributed by atoms with Crippen molar-refractivity contribution in [3.8, 4) is 11.3 Å². The number of rotatable bonds is 4. The van der Waals surface area contributed by atoms with Gasteiger partial charge < -0.3 is 0 Å². The van der Waals surface area contributed by atoms with Gasteiger partial charge in [-0.15, -0.1) is 35.9 Å². The molecule has 38 heavy (non-hydrogen) atoms. The fourth-order valence-corrected chi connectivity index (χ4v) is 4.42. The molecular formula is C33H23IrN4-. The number of aromatic nitrogens is 3. The third-order valence-electron chi connectivity index (χ3n) is 6.10. The van der Waals surface area contributed by atoms with Crippen LogP contribution >= 0.6 is 0 Å². The summed E-state index contributed by atoms with van der Waals surface area (Å²) in [7, 11) is 0. The maximum Gasteiger partial charge on any atom is 0.138 e. The molecular weight excluding hydrogens is 645 g/mol. The van der Waals surface area contributed by atoms with Crippen LogP contribution in [0.4, 0.5) is 17.3 Å². The van der Waals surface area contributed by atoms with Gasteiger partial charge in [0.1, 0.15) is 11.6 Å². The van der Waals surface area contributed by atoms with Gasteiger partial charge in [0.05, 0.1) is 5.52 Å². The van der Waals surface area contributed by atoms with E-state index in [1.807, 2.05) is 95.9 Å². The standard InChI is InChI=1S/C17H10N.C16H13N3.Ir/c1-2-5-12(6-3-1)16-11-14-10-9-13-7-4-8-15(18-16)17(13)14;1-2-8-14(9-3-1)19(15-10-4-6-12-17-15)16-11-5-7-13-18-16;/h1-5,7-11H;1-13H;/q-1;;. The number of hydrogen-bond acceptors (Lipinski definition) is 4. The molecule has 0 N–H and O–H groups in total. The molecule has 1 radical (unpaired) electrons. The summed E-state index contributed by atoms with van der Waals surface area (Å²) in [5, 5.41) is 1.26. The van der Waals surface area contributed by atoms with E-state index in [2.05, 4.69) is 52.5 Å². The first-order valence-electron chi connectivity index (χ1n) is 12.1. The Morgan fingerprint density at radius 2 is 1.29 bits per heavy atom. The van der Waals surface area contributed by atoms with Crippen LogP contribution in [0.15, 0.2) is 128 Å². The topological polar surface area (TPSA) is 41.9 Å². The molecule has 0 aliphatic heterocycles. The molecule has 4 nitrogen and oxygen atoms in total. The summed E-state index contributed by atoms with van der Waals surface area (Å²) in [6, 6.07) is 41.4. The molecule has 0 saturated heterocycles. The number of pyridine rings is 3. The molecule has 1 aliphatic rings. The first-order valence-corrected chi connectivity index (χ1v) is 12.1. The van der Waals surface area contributed by atoms with E-state index >= 15 is 0 Å². The van der Waals surface area contributed by atoms with Crippen molar-refractivity contribution in [2.24, 2.45) is 0 Å². The van der Waals surface area contributed by atoms with Crippen LogP contribution in [0.3, 0.4) is 0 Å². The number of hydrogen-bond donors (Lipinski definition) is 0. The Morgan fingerprint density at radius 1 is 0.605 bits per heavy atom. The van der Waals surface area contributed by atoms with E-state index in [0.29, 0.717) is 0 Å². The summed E-state index contributed by atoms with van der Waals surface area (Å²) in [5.41, 5.74) is 6.65. The van der Waals surface area contributed by atoms with Gasteiger partial charge in [0.25, 0.3) is 0 Å². The van der Waals surface area contributed by atoms with Gasteiger partial charge in [-0.05, 0) is 59.3 Å². The van der Waals surface area contributed by atoms with Gasteiger partial charge in [-0.3, -0.25) is 9.88 Å². The second-order valence-electron chi connectivity index (χ2n) is 8.49. The van der Waals surface area contributed by atoms with Crippen molar-refractivity contribution in [3.05, 3.63) is 145 Å². The normalized spacial score (nSPS) is 10.8. The Kier molecular flexibility index (Phi) is 7.79. The average molecular weight is 668 g/mol. The molecule has 3 aromatic carbocycles. The molecule has 5 heteroatoms. The summed E-state index contributed by atoms with van der Waals surface area (Å²) >= 11 is 0. The van der Waals surface area contributed by atoms with E-state index in [1.165, 1.54) is 16.5 Å². The number of para-hydroxylation sites is 1. The van der Waals surface area contributed by atoms with Crippen molar-refractivity contribution in [1.82, 2.24) is 15.0 Å². The fraction of sp³-hybridized carbons (Fsp3) is 0. The van der Waals surface area contributed by atoms with E-state index < -0.39 is 0 Å². The minimum atomic E-state index is 0. The summed E-state index contributed by atoms with van der Waals surface area (Å²) < 4.78 is 0. The van der Waals surface area contributed by atoms with Crippen molar-refractivity contribution in [3.63, 3.8) is 0 Å². The molecule has 0 spiro atoms. The fourth-order valence-electron chi connectivity index (χ4n) is 4.42. The number of anilines is 3. The minimum absolute atomic E-state index is 0. The quantitative estimate of drug-likeness (QED) is 0.178. The van der Waals surface area contributed by atoms with Gasteiger partial charge in [0, 0.05) is 43.6 Å². The van der Waals surface area contributed by atoms with Gasteiger partial charge >= 0.3 is 0 Å². The third-order valence-corrected chi connectivity index (χ3v) is 6.10. The monoisotopic (exact) mass is 668 g/mol. The second-order valence-corrected chi connectivity index (χ2v) is 8.49. The summed E-state index contributed by atoms with van der Waals surface area (Å²) in [6.07, 6.45) is 7.88. The van der Waals surface area contributed by atoms with Crippen molar-refractivity contribution >= 4 is 40.4 Å². The Hall–Kier alpha value is -4.44. The van der Waals surface area contributed by atoms with Crippen molar-refractivity contribution in [2.75, 3.05) is 4.90 Å². The van der Waals surface area contributed by atoms with Gasteiger partial charge in [0.2, 0.25) is 0 Å². The van der Waals surface area contributed by atoms with E-state index in [4.69, 9.17) is 4.98 Å². The predicted molar refractivity (Wildman–Crippen MR) is 152 cm³/mol. The molecule has 6 aromatic rings. The Labute approximate surface area is 235 Å². The SMILES string of the molecule is [Ir].[c-]1ccccc1-c1cc2c3c(cccc3n1)C=C2.c1ccc(N(c2ccccn2)c2ccccn2)cc1. The summed E-state index contributed by atoms with van der Waals surface area (Å²) in [4.78, 5) is 15.6. The Balaban J connectivity index is 0.000000151. The maximum absolute atomic E-state index is 4.74. The first-order chi connectivity index (χ1) is 18.4. The van der Waals surface area contributed by atoms with Crippen LogP contribution in [0.2, 0.25) is 0 Å². The zero-order valence-electron chi connectivity index (χ0n) is 20.4. The van der Waals surface area contributed by atoms with Gasteiger partial charge in [-0.1, -0.05) is 60.7 Å². The second kappa shape index (κ2) is 11.7. The molecule has 0 unspecified atom stereocenters. The van der Waals surface area contributed by atoms with E-state index in [1.54, 1.807) is 12.4 Å². The van der Waals surface area contributed by atoms with Crippen molar-refractivity contribution in [2.45, 2.75) is 0 Å². The number of benzene rings is 3. The van der Waals surface area contributed by atoms with Crippen LogP contribution in [0.25, 0.3) is 34.3 Å². The van der Waals surface area contributed by atoms with Gasteiger partial charge in [0.15, 0.2) is 0 Å². The molecule has 3 heterocycles. The zero-order chi connectivity index (χ0) is 24.9. The van der Waals surface area contributed by atoms with Crippen LogP contribution in [-0.2, 0) is 20.1 Å². The first kappa shape index (κ1) is 25.2. The maximum atomic E-state index is 4.74. The van der Waals surface area contributed by atoms with E-state index in [-0.39, 0.29) is 20.1 Å². The average Bonchev–Trinajstić information content (AvgIpc) is 3.40. The molecule has 0 amide bonds. The van der Waals surface area contributed by atoms with Crippen LogP contribution in [-0.4, -0.2) is 15.0 Å². The largest absolute Gasteiger partial charge is 0.296 e. The summed E-state index contributed by atoms with van der Waals surface area (Å²) in [5.74, 6) is 1.71. The molecule has 0 atom stereocenters. The molecule has 3 aromatic heterocycles. The van der Waals surface area contributed by atoms with Gasteiger partial charge in [-0.2, -0.15) is 0 Å². The van der Waals surface area contributed by atoms with E-state index in [9.17, 15) is 0 Å². The number of nitrogens with zero attached hydrogens (tertiary/aromatic N) is 4. The molecule has 0 bridgehead atoms. The van der Waals surface area contributed by atoms with Crippen molar-refractivity contribution < 1.29 is 20.1 Å².